The Kier molecular flexibility index (Phi) is 4.35. The fraction of sp³-hybridized carbons (Fsp3) is 0.400. The molecule has 0 bridgehead atoms. The first-order valence-corrected chi connectivity index (χ1v) is 6.50. The minimum Gasteiger partial charge on any atom is -0.392 e. The number of nitrogens with one attached hydrogen (secondary N) is 1. The molecule has 0 saturated heterocycles. The summed E-state index contributed by atoms with van der Waals surface area (Å²) in [6, 6.07) is 7.97. The van der Waals surface area contributed by atoms with Crippen molar-refractivity contribution < 1.29 is 5.11 Å². The maximum atomic E-state index is 9.10. The average molecular weight is 259 g/mol. The maximum Gasteiger partial charge on any atom is 0.122 e. The van der Waals surface area contributed by atoms with Crippen LogP contribution in [0.1, 0.15) is 28.3 Å². The summed E-state index contributed by atoms with van der Waals surface area (Å²) >= 11 is 0. The van der Waals surface area contributed by atoms with Crippen LogP contribution >= 0.6 is 0 Å². The van der Waals surface area contributed by atoms with Crippen molar-refractivity contribution in [3.63, 3.8) is 0 Å². The smallest absolute Gasteiger partial charge is 0.122 e. The van der Waals surface area contributed by atoms with E-state index >= 15 is 0 Å². The highest BCUT2D eigenvalue weighted by Gasteiger charge is 2.06. The third kappa shape index (κ3) is 3.22. The van der Waals surface area contributed by atoms with Crippen molar-refractivity contribution in [2.75, 3.05) is 0 Å². The first-order valence-electron chi connectivity index (χ1n) is 6.50. The lowest BCUT2D eigenvalue weighted by molar-refractivity contribution is 0.281. The third-order valence-electron chi connectivity index (χ3n) is 3.50. The van der Waals surface area contributed by atoms with Crippen LogP contribution in [0.2, 0.25) is 0 Å². The predicted molar refractivity (Wildman–Crippen MR) is 75.6 cm³/mol. The lowest BCUT2D eigenvalue weighted by Gasteiger charge is -2.07. The highest BCUT2D eigenvalue weighted by molar-refractivity contribution is 5.22. The molecular weight excluding hydrogens is 238 g/mol. The first kappa shape index (κ1) is 13.8. The average Bonchev–Trinajstić information content (AvgIpc) is 2.67. The number of hydrogen-bond acceptors (Lipinski definition) is 3. The third-order valence-corrected chi connectivity index (χ3v) is 3.50. The topological polar surface area (TPSA) is 50.1 Å². The lowest BCUT2D eigenvalue weighted by atomic mass is 10.1. The number of nitrogens with zero attached hydrogens (tertiary/aromatic N) is 2. The van der Waals surface area contributed by atoms with Crippen molar-refractivity contribution >= 4 is 0 Å². The van der Waals surface area contributed by atoms with Crippen molar-refractivity contribution in [2.45, 2.75) is 33.5 Å². The van der Waals surface area contributed by atoms with E-state index in [1.807, 2.05) is 32.2 Å². The Balaban J connectivity index is 1.94. The quantitative estimate of drug-likeness (QED) is 0.861. The highest BCUT2D eigenvalue weighted by atomic mass is 16.3. The molecular formula is C15H21N3O. The van der Waals surface area contributed by atoms with Crippen LogP contribution in [0, 0.1) is 13.8 Å². The van der Waals surface area contributed by atoms with Gasteiger partial charge in [0.05, 0.1) is 18.8 Å². The van der Waals surface area contributed by atoms with E-state index in [9.17, 15) is 0 Å². The number of aromatic nitrogens is 2. The van der Waals surface area contributed by atoms with E-state index in [0.717, 1.165) is 30.2 Å². The molecule has 0 fully saturated rings. The molecule has 102 valence electrons. The molecule has 1 aromatic carbocycles. The fourth-order valence-corrected chi connectivity index (χ4v) is 2.10. The molecule has 4 nitrogen and oxygen atoms in total. The number of aryl methyl sites for hydroxylation is 1. The van der Waals surface area contributed by atoms with Crippen LogP contribution < -0.4 is 5.32 Å². The number of rotatable bonds is 5. The van der Waals surface area contributed by atoms with Crippen molar-refractivity contribution in [3.8, 4) is 0 Å². The van der Waals surface area contributed by atoms with Gasteiger partial charge in [-0.3, -0.25) is 0 Å². The van der Waals surface area contributed by atoms with Gasteiger partial charge in [0.2, 0.25) is 0 Å². The van der Waals surface area contributed by atoms with Gasteiger partial charge in [-0.25, -0.2) is 4.98 Å². The second-order valence-electron chi connectivity index (χ2n) is 4.84. The number of aliphatic hydroxyl groups is 1. The van der Waals surface area contributed by atoms with Gasteiger partial charge < -0.3 is 15.0 Å². The van der Waals surface area contributed by atoms with E-state index in [0.29, 0.717) is 0 Å². The van der Waals surface area contributed by atoms with E-state index in [1.54, 1.807) is 0 Å². The Labute approximate surface area is 114 Å². The zero-order chi connectivity index (χ0) is 13.8. The Bertz CT molecular complexity index is 561. The summed E-state index contributed by atoms with van der Waals surface area (Å²) in [4.78, 5) is 4.54. The van der Waals surface area contributed by atoms with Crippen LogP contribution in [-0.4, -0.2) is 14.7 Å². The van der Waals surface area contributed by atoms with Crippen LogP contribution in [0.3, 0.4) is 0 Å². The molecule has 0 aliphatic heterocycles. The van der Waals surface area contributed by atoms with Crippen LogP contribution in [0.4, 0.5) is 0 Å². The number of hydrogen-bond donors (Lipinski definition) is 2. The Hall–Kier alpha value is -1.65. The summed E-state index contributed by atoms with van der Waals surface area (Å²) in [7, 11) is 2.04. The zero-order valence-corrected chi connectivity index (χ0v) is 11.8. The molecule has 0 spiro atoms. The summed E-state index contributed by atoms with van der Waals surface area (Å²) in [6.07, 6.45) is 0. The fourth-order valence-electron chi connectivity index (χ4n) is 2.10. The number of benzene rings is 1. The van der Waals surface area contributed by atoms with Crippen molar-refractivity contribution in [3.05, 3.63) is 52.6 Å². The van der Waals surface area contributed by atoms with Crippen LogP contribution in [0.15, 0.2) is 24.3 Å². The van der Waals surface area contributed by atoms with Gasteiger partial charge in [-0.1, -0.05) is 24.3 Å². The van der Waals surface area contributed by atoms with Gasteiger partial charge in [0, 0.05) is 19.3 Å². The Morgan fingerprint density at radius 2 is 1.95 bits per heavy atom. The molecule has 4 heteroatoms. The Morgan fingerprint density at radius 1 is 1.21 bits per heavy atom. The molecule has 19 heavy (non-hydrogen) atoms. The standard InChI is InChI=1S/C15H21N3O/c1-11-12(2)18(3)15(17-11)9-16-8-13-5-4-6-14(7-13)10-19/h4-7,16,19H,8-10H2,1-3H3. The monoisotopic (exact) mass is 259 g/mol. The normalized spacial score (nSPS) is 10.9. The molecule has 0 saturated carbocycles. The minimum absolute atomic E-state index is 0.0889. The highest BCUT2D eigenvalue weighted by Crippen LogP contribution is 2.08. The molecule has 0 radical (unpaired) electrons. The number of imidazole rings is 1. The van der Waals surface area contributed by atoms with Crippen LogP contribution in [0.25, 0.3) is 0 Å². The second kappa shape index (κ2) is 5.99. The summed E-state index contributed by atoms with van der Waals surface area (Å²) in [5, 5.41) is 12.5. The van der Waals surface area contributed by atoms with Crippen LogP contribution in [-0.2, 0) is 26.7 Å². The number of aliphatic hydroxyl groups excluding tert-OH is 1. The van der Waals surface area contributed by atoms with Gasteiger partial charge in [-0.05, 0) is 25.0 Å². The molecule has 2 N–H and O–H groups in total. The van der Waals surface area contributed by atoms with Gasteiger partial charge in [0.1, 0.15) is 5.82 Å². The molecule has 0 atom stereocenters. The molecule has 0 aliphatic rings. The molecule has 0 unspecified atom stereocenters. The molecule has 2 aromatic rings. The first-order chi connectivity index (χ1) is 9.11. The maximum absolute atomic E-state index is 9.10. The lowest BCUT2D eigenvalue weighted by Crippen LogP contribution is -2.16. The van der Waals surface area contributed by atoms with E-state index in [-0.39, 0.29) is 6.61 Å². The molecule has 1 heterocycles. The van der Waals surface area contributed by atoms with Gasteiger partial charge >= 0.3 is 0 Å². The molecule has 1 aromatic heterocycles. The van der Waals surface area contributed by atoms with Gasteiger partial charge in [0.15, 0.2) is 0 Å². The summed E-state index contributed by atoms with van der Waals surface area (Å²) in [6.45, 7) is 5.72. The van der Waals surface area contributed by atoms with E-state index in [1.165, 1.54) is 11.3 Å². The zero-order valence-electron chi connectivity index (χ0n) is 11.8. The SMILES string of the molecule is Cc1nc(CNCc2cccc(CO)c2)n(C)c1C. The van der Waals surface area contributed by atoms with E-state index in [2.05, 4.69) is 27.9 Å². The Morgan fingerprint density at radius 3 is 2.58 bits per heavy atom. The van der Waals surface area contributed by atoms with E-state index < -0.39 is 0 Å². The van der Waals surface area contributed by atoms with Crippen LogP contribution in [0.5, 0.6) is 0 Å². The van der Waals surface area contributed by atoms with E-state index in [4.69, 9.17) is 5.11 Å². The molecule has 0 amide bonds. The van der Waals surface area contributed by atoms with Crippen molar-refractivity contribution in [2.24, 2.45) is 7.05 Å². The summed E-state index contributed by atoms with van der Waals surface area (Å²) < 4.78 is 2.12. The van der Waals surface area contributed by atoms with Crippen molar-refractivity contribution in [1.82, 2.24) is 14.9 Å². The van der Waals surface area contributed by atoms with Gasteiger partial charge in [-0.15, -0.1) is 0 Å². The largest absolute Gasteiger partial charge is 0.392 e. The minimum atomic E-state index is 0.0889. The predicted octanol–water partition coefficient (Wildman–Crippen LogP) is 1.82. The van der Waals surface area contributed by atoms with Crippen molar-refractivity contribution in [1.29, 1.82) is 0 Å². The van der Waals surface area contributed by atoms with Gasteiger partial charge in [-0.2, -0.15) is 0 Å². The summed E-state index contributed by atoms with van der Waals surface area (Å²) in [5.41, 5.74) is 4.41. The molecule has 2 rings (SSSR count). The molecule has 0 aliphatic carbocycles. The second-order valence-corrected chi connectivity index (χ2v) is 4.84. The summed E-state index contributed by atoms with van der Waals surface area (Å²) in [5.74, 6) is 1.05. The van der Waals surface area contributed by atoms with Gasteiger partial charge in [0.25, 0.3) is 0 Å².